The maximum Gasteiger partial charge on any atom is 0.308 e. The third-order valence-electron chi connectivity index (χ3n) is 3.89. The summed E-state index contributed by atoms with van der Waals surface area (Å²) in [6.45, 7) is 1.31. The maximum atomic E-state index is 11.1. The molecule has 2 heterocycles. The molecular formula is C16H16ClN3O2. The fraction of sp³-hybridized carbons (Fsp3) is 0.312. The number of aliphatic carboxylic acids is 1. The molecule has 0 amide bonds. The third-order valence-corrected chi connectivity index (χ3v) is 4.14. The zero-order valence-electron chi connectivity index (χ0n) is 11.9. The molecule has 1 aliphatic rings. The fourth-order valence-electron chi connectivity index (χ4n) is 2.66. The molecule has 1 atom stereocenters. The Morgan fingerprint density at radius 3 is 2.59 bits per heavy atom. The van der Waals surface area contributed by atoms with Gasteiger partial charge >= 0.3 is 5.97 Å². The highest BCUT2D eigenvalue weighted by Crippen LogP contribution is 2.24. The van der Waals surface area contributed by atoms with E-state index in [0.717, 1.165) is 36.5 Å². The summed E-state index contributed by atoms with van der Waals surface area (Å²) in [5.74, 6) is -0.342. The van der Waals surface area contributed by atoms with Crippen LogP contribution < -0.4 is 4.90 Å². The van der Waals surface area contributed by atoms with Gasteiger partial charge in [-0.1, -0.05) is 23.7 Å². The monoisotopic (exact) mass is 317 g/mol. The predicted octanol–water partition coefficient (Wildman–Crippen LogP) is 3.10. The van der Waals surface area contributed by atoms with Gasteiger partial charge in [-0.25, -0.2) is 0 Å². The van der Waals surface area contributed by atoms with Crippen LogP contribution in [0.4, 0.5) is 5.82 Å². The van der Waals surface area contributed by atoms with Crippen LogP contribution >= 0.6 is 11.6 Å². The number of aromatic nitrogens is 2. The van der Waals surface area contributed by atoms with Crippen molar-refractivity contribution in [2.45, 2.75) is 12.8 Å². The fourth-order valence-corrected chi connectivity index (χ4v) is 2.78. The normalized spacial score (nSPS) is 18.2. The Balaban J connectivity index is 1.76. The number of benzene rings is 1. The molecule has 1 saturated heterocycles. The zero-order chi connectivity index (χ0) is 15.5. The standard InChI is InChI=1S/C16H16ClN3O2/c17-13-5-3-11(4-6-13)14-7-8-15(19-18-14)20-9-1-2-12(10-20)16(21)22/h3-8,12H,1-2,9-10H2,(H,21,22). The minimum Gasteiger partial charge on any atom is -0.481 e. The predicted molar refractivity (Wildman–Crippen MR) is 85.1 cm³/mol. The van der Waals surface area contributed by atoms with E-state index in [2.05, 4.69) is 10.2 Å². The van der Waals surface area contributed by atoms with Gasteiger partial charge < -0.3 is 10.0 Å². The Morgan fingerprint density at radius 1 is 1.18 bits per heavy atom. The summed E-state index contributed by atoms with van der Waals surface area (Å²) in [6.07, 6.45) is 1.58. The van der Waals surface area contributed by atoms with Crippen molar-refractivity contribution in [1.82, 2.24) is 10.2 Å². The minimum atomic E-state index is -0.740. The molecule has 6 heteroatoms. The molecule has 1 unspecified atom stereocenters. The van der Waals surface area contributed by atoms with Crippen LogP contribution in [0.5, 0.6) is 0 Å². The van der Waals surface area contributed by atoms with Crippen LogP contribution in [0.15, 0.2) is 36.4 Å². The molecule has 0 spiro atoms. The average Bonchev–Trinajstić information content (AvgIpc) is 2.56. The molecule has 0 saturated carbocycles. The molecule has 1 aromatic carbocycles. The molecule has 1 aliphatic heterocycles. The number of hydrogen-bond donors (Lipinski definition) is 1. The van der Waals surface area contributed by atoms with E-state index < -0.39 is 5.97 Å². The van der Waals surface area contributed by atoms with Gasteiger partial charge in [0, 0.05) is 23.7 Å². The Hall–Kier alpha value is -2.14. The van der Waals surface area contributed by atoms with Crippen LogP contribution in [0, 0.1) is 5.92 Å². The SMILES string of the molecule is O=C(O)C1CCCN(c2ccc(-c3ccc(Cl)cc3)nn2)C1. The van der Waals surface area contributed by atoms with E-state index in [0.29, 0.717) is 11.6 Å². The second-order valence-electron chi connectivity index (χ2n) is 5.41. The van der Waals surface area contributed by atoms with Crippen LogP contribution in [0.25, 0.3) is 11.3 Å². The molecule has 1 N–H and O–H groups in total. The molecule has 0 aliphatic carbocycles. The van der Waals surface area contributed by atoms with Gasteiger partial charge in [-0.3, -0.25) is 4.79 Å². The van der Waals surface area contributed by atoms with E-state index in [4.69, 9.17) is 16.7 Å². The van der Waals surface area contributed by atoms with Crippen molar-refractivity contribution in [1.29, 1.82) is 0 Å². The zero-order valence-corrected chi connectivity index (χ0v) is 12.7. The van der Waals surface area contributed by atoms with Gasteiger partial charge in [0.05, 0.1) is 11.6 Å². The second-order valence-corrected chi connectivity index (χ2v) is 5.84. The van der Waals surface area contributed by atoms with Gasteiger partial charge in [0.1, 0.15) is 0 Å². The van der Waals surface area contributed by atoms with Crippen molar-refractivity contribution in [2.24, 2.45) is 5.92 Å². The molecule has 1 aromatic heterocycles. The summed E-state index contributed by atoms with van der Waals surface area (Å²) in [5.41, 5.74) is 1.72. The molecule has 22 heavy (non-hydrogen) atoms. The summed E-state index contributed by atoms with van der Waals surface area (Å²) in [5, 5.41) is 18.3. The van der Waals surface area contributed by atoms with Gasteiger partial charge in [-0.05, 0) is 37.1 Å². The van der Waals surface area contributed by atoms with E-state index in [9.17, 15) is 4.79 Å². The lowest BCUT2D eigenvalue weighted by Crippen LogP contribution is -2.39. The molecule has 5 nitrogen and oxygen atoms in total. The van der Waals surface area contributed by atoms with E-state index >= 15 is 0 Å². The number of carboxylic acids is 1. The van der Waals surface area contributed by atoms with Crippen molar-refractivity contribution in [2.75, 3.05) is 18.0 Å². The van der Waals surface area contributed by atoms with Gasteiger partial charge in [0.15, 0.2) is 5.82 Å². The lowest BCUT2D eigenvalue weighted by Gasteiger charge is -2.31. The van der Waals surface area contributed by atoms with E-state index in [1.165, 1.54) is 0 Å². The van der Waals surface area contributed by atoms with E-state index in [-0.39, 0.29) is 5.92 Å². The lowest BCUT2D eigenvalue weighted by molar-refractivity contribution is -0.141. The quantitative estimate of drug-likeness (QED) is 0.942. The minimum absolute atomic E-state index is 0.327. The molecular weight excluding hydrogens is 302 g/mol. The number of hydrogen-bond acceptors (Lipinski definition) is 4. The van der Waals surface area contributed by atoms with Crippen LogP contribution in [0.1, 0.15) is 12.8 Å². The number of carboxylic acid groups (broad SMARTS) is 1. The molecule has 3 rings (SSSR count). The Kier molecular flexibility index (Phi) is 4.24. The summed E-state index contributed by atoms with van der Waals surface area (Å²) >= 11 is 5.87. The largest absolute Gasteiger partial charge is 0.481 e. The molecule has 0 bridgehead atoms. The first-order chi connectivity index (χ1) is 10.6. The number of halogens is 1. The first-order valence-electron chi connectivity index (χ1n) is 7.21. The first-order valence-corrected chi connectivity index (χ1v) is 7.59. The number of carbonyl (C=O) groups is 1. The highest BCUT2D eigenvalue weighted by Gasteiger charge is 2.26. The van der Waals surface area contributed by atoms with Crippen LogP contribution in [-0.4, -0.2) is 34.4 Å². The van der Waals surface area contributed by atoms with Gasteiger partial charge in [-0.2, -0.15) is 0 Å². The van der Waals surface area contributed by atoms with Crippen molar-refractivity contribution < 1.29 is 9.90 Å². The Bertz CT molecular complexity index is 658. The van der Waals surface area contributed by atoms with Crippen LogP contribution in [0.3, 0.4) is 0 Å². The highest BCUT2D eigenvalue weighted by molar-refractivity contribution is 6.30. The van der Waals surface area contributed by atoms with Crippen molar-refractivity contribution in [3.05, 3.63) is 41.4 Å². The average molecular weight is 318 g/mol. The summed E-state index contributed by atoms with van der Waals surface area (Å²) in [4.78, 5) is 13.1. The smallest absolute Gasteiger partial charge is 0.308 e. The van der Waals surface area contributed by atoms with Gasteiger partial charge in [0.25, 0.3) is 0 Å². The first kappa shape index (κ1) is 14.8. The molecule has 1 fully saturated rings. The second kappa shape index (κ2) is 6.32. The van der Waals surface area contributed by atoms with Crippen molar-refractivity contribution in [3.63, 3.8) is 0 Å². The maximum absolute atomic E-state index is 11.1. The lowest BCUT2D eigenvalue weighted by atomic mass is 9.98. The third kappa shape index (κ3) is 3.20. The van der Waals surface area contributed by atoms with Crippen molar-refractivity contribution in [3.8, 4) is 11.3 Å². The Labute approximate surface area is 133 Å². The van der Waals surface area contributed by atoms with Gasteiger partial charge in [0.2, 0.25) is 0 Å². The Morgan fingerprint density at radius 2 is 1.95 bits per heavy atom. The summed E-state index contributed by atoms with van der Waals surface area (Å²) < 4.78 is 0. The topological polar surface area (TPSA) is 66.3 Å². The molecule has 114 valence electrons. The summed E-state index contributed by atoms with van der Waals surface area (Å²) in [7, 11) is 0. The number of rotatable bonds is 3. The van der Waals surface area contributed by atoms with E-state index in [1.54, 1.807) is 0 Å². The number of anilines is 1. The van der Waals surface area contributed by atoms with Crippen LogP contribution in [-0.2, 0) is 4.79 Å². The number of piperidine rings is 1. The van der Waals surface area contributed by atoms with Crippen molar-refractivity contribution >= 4 is 23.4 Å². The van der Waals surface area contributed by atoms with E-state index in [1.807, 2.05) is 41.3 Å². The molecule has 0 radical (unpaired) electrons. The highest BCUT2D eigenvalue weighted by atomic mass is 35.5. The number of nitrogens with zero attached hydrogens (tertiary/aromatic N) is 3. The van der Waals surface area contributed by atoms with Crippen LogP contribution in [0.2, 0.25) is 5.02 Å². The van der Waals surface area contributed by atoms with Gasteiger partial charge in [-0.15, -0.1) is 10.2 Å². The summed E-state index contributed by atoms with van der Waals surface area (Å²) in [6, 6.07) is 11.2. The molecule has 2 aromatic rings.